The van der Waals surface area contributed by atoms with Crippen molar-refractivity contribution in [2.24, 2.45) is 0 Å². The number of halogens is 1. The van der Waals surface area contributed by atoms with E-state index in [0.717, 1.165) is 10.9 Å². The van der Waals surface area contributed by atoms with Gasteiger partial charge in [-0.2, -0.15) is 5.10 Å². The maximum Gasteiger partial charge on any atom is 0.138 e. The van der Waals surface area contributed by atoms with Gasteiger partial charge in [-0.15, -0.1) is 0 Å². The quantitative estimate of drug-likeness (QED) is 0.802. The first-order chi connectivity index (χ1) is 6.33. The third kappa shape index (κ3) is 1.35. The van der Waals surface area contributed by atoms with E-state index in [1.54, 1.807) is 6.20 Å². The maximum atomic E-state index is 6.08. The molecule has 0 aliphatic rings. The molecule has 0 saturated heterocycles. The van der Waals surface area contributed by atoms with Crippen LogP contribution in [0.5, 0.6) is 5.75 Å². The van der Waals surface area contributed by atoms with E-state index in [1.165, 1.54) is 0 Å². The highest BCUT2D eigenvalue weighted by molar-refractivity contribution is 6.36. The lowest BCUT2D eigenvalue weighted by Crippen LogP contribution is -1.91. The molecule has 0 unspecified atom stereocenters. The van der Waals surface area contributed by atoms with E-state index in [9.17, 15) is 0 Å². The Morgan fingerprint density at radius 3 is 3.15 bits per heavy atom. The second-order valence-electron chi connectivity index (χ2n) is 2.64. The van der Waals surface area contributed by atoms with Gasteiger partial charge in [-0.3, -0.25) is 5.10 Å². The summed E-state index contributed by atoms with van der Waals surface area (Å²) >= 11 is 6.08. The minimum absolute atomic E-state index is 0.614. The number of ether oxygens (including phenoxy) is 1. The summed E-state index contributed by atoms with van der Waals surface area (Å²) in [5.41, 5.74) is 0.924. The van der Waals surface area contributed by atoms with E-state index in [4.69, 9.17) is 16.3 Å². The van der Waals surface area contributed by atoms with E-state index in [-0.39, 0.29) is 0 Å². The summed E-state index contributed by atoms with van der Waals surface area (Å²) in [6.45, 7) is 2.54. The third-order valence-corrected chi connectivity index (χ3v) is 2.21. The summed E-state index contributed by atoms with van der Waals surface area (Å²) in [4.78, 5) is 0. The molecule has 0 spiro atoms. The first-order valence-electron chi connectivity index (χ1n) is 4.07. The van der Waals surface area contributed by atoms with Gasteiger partial charge in [0.05, 0.1) is 23.3 Å². The van der Waals surface area contributed by atoms with Crippen molar-refractivity contribution in [3.63, 3.8) is 0 Å². The Bertz CT molecular complexity index is 424. The van der Waals surface area contributed by atoms with Crippen LogP contribution in [0, 0.1) is 0 Å². The van der Waals surface area contributed by atoms with Gasteiger partial charge in [0.15, 0.2) is 0 Å². The highest BCUT2D eigenvalue weighted by Gasteiger charge is 2.06. The molecule has 3 nitrogen and oxygen atoms in total. The number of aromatic amines is 1. The number of aromatic nitrogens is 2. The Hall–Kier alpha value is -1.22. The molecule has 0 radical (unpaired) electrons. The van der Waals surface area contributed by atoms with Crippen molar-refractivity contribution in [3.05, 3.63) is 23.4 Å². The lowest BCUT2D eigenvalue weighted by molar-refractivity contribution is 0.341. The smallest absolute Gasteiger partial charge is 0.138 e. The number of hydrogen-bond donors (Lipinski definition) is 1. The summed E-state index contributed by atoms with van der Waals surface area (Å²) in [6, 6.07) is 3.74. The van der Waals surface area contributed by atoms with Gasteiger partial charge >= 0.3 is 0 Å². The van der Waals surface area contributed by atoms with Gasteiger partial charge in [0.1, 0.15) is 5.75 Å². The second kappa shape index (κ2) is 3.26. The van der Waals surface area contributed by atoms with Gasteiger partial charge in [0, 0.05) is 5.39 Å². The van der Waals surface area contributed by atoms with Crippen LogP contribution in [0.3, 0.4) is 0 Å². The van der Waals surface area contributed by atoms with Crippen LogP contribution >= 0.6 is 11.6 Å². The molecular formula is C9H9ClN2O. The molecule has 4 heteroatoms. The highest BCUT2D eigenvalue weighted by atomic mass is 35.5. The molecular weight excluding hydrogens is 188 g/mol. The van der Waals surface area contributed by atoms with Crippen molar-refractivity contribution in [1.29, 1.82) is 0 Å². The first kappa shape index (κ1) is 8.38. The Kier molecular flexibility index (Phi) is 2.10. The van der Waals surface area contributed by atoms with E-state index < -0.39 is 0 Å². The Labute approximate surface area is 80.7 Å². The van der Waals surface area contributed by atoms with Crippen molar-refractivity contribution < 1.29 is 4.74 Å². The summed E-state index contributed by atoms with van der Waals surface area (Å²) in [5.74, 6) is 0.707. The van der Waals surface area contributed by atoms with Crippen molar-refractivity contribution in [2.75, 3.05) is 6.61 Å². The van der Waals surface area contributed by atoms with Gasteiger partial charge in [-0.05, 0) is 19.1 Å². The van der Waals surface area contributed by atoms with Crippen molar-refractivity contribution >= 4 is 22.5 Å². The van der Waals surface area contributed by atoms with Gasteiger partial charge in [0.2, 0.25) is 0 Å². The number of benzene rings is 1. The molecule has 1 aromatic carbocycles. The minimum Gasteiger partial charge on any atom is -0.492 e. The molecule has 68 valence electrons. The monoisotopic (exact) mass is 196 g/mol. The molecule has 0 bridgehead atoms. The molecule has 1 heterocycles. The van der Waals surface area contributed by atoms with E-state index in [1.807, 2.05) is 19.1 Å². The predicted molar refractivity (Wildman–Crippen MR) is 52.3 cm³/mol. The summed E-state index contributed by atoms with van der Waals surface area (Å²) in [6.07, 6.45) is 1.69. The number of rotatable bonds is 2. The molecule has 0 aliphatic carbocycles. The molecule has 0 fully saturated rings. The largest absolute Gasteiger partial charge is 0.492 e. The average Bonchev–Trinajstić information content (AvgIpc) is 2.58. The molecule has 0 atom stereocenters. The zero-order valence-electron chi connectivity index (χ0n) is 7.17. The number of fused-ring (bicyclic) bond motifs is 1. The van der Waals surface area contributed by atoms with Gasteiger partial charge in [-0.1, -0.05) is 11.6 Å². The van der Waals surface area contributed by atoms with E-state index in [0.29, 0.717) is 17.4 Å². The highest BCUT2D eigenvalue weighted by Crippen LogP contribution is 2.31. The molecule has 1 aromatic heterocycles. The van der Waals surface area contributed by atoms with Crippen LogP contribution < -0.4 is 4.74 Å². The van der Waals surface area contributed by atoms with Crippen LogP contribution in [0.2, 0.25) is 5.02 Å². The van der Waals surface area contributed by atoms with Crippen LogP contribution in [-0.4, -0.2) is 16.8 Å². The van der Waals surface area contributed by atoms with Gasteiger partial charge in [-0.25, -0.2) is 0 Å². The number of nitrogens with one attached hydrogen (secondary N) is 1. The zero-order chi connectivity index (χ0) is 9.26. The van der Waals surface area contributed by atoms with Crippen LogP contribution in [0.15, 0.2) is 18.3 Å². The number of nitrogens with zero attached hydrogens (tertiary/aromatic N) is 1. The maximum absolute atomic E-state index is 6.08. The minimum atomic E-state index is 0.614. The number of H-pyrrole nitrogens is 1. The molecule has 0 saturated carbocycles. The SMILES string of the molecule is CCOc1ccc2[nH]ncc2c1Cl. The summed E-state index contributed by atoms with van der Waals surface area (Å²) < 4.78 is 5.34. The predicted octanol–water partition coefficient (Wildman–Crippen LogP) is 2.62. The first-order valence-corrected chi connectivity index (χ1v) is 4.45. The van der Waals surface area contributed by atoms with Gasteiger partial charge < -0.3 is 4.74 Å². The lowest BCUT2D eigenvalue weighted by atomic mass is 10.2. The van der Waals surface area contributed by atoms with Crippen LogP contribution in [0.1, 0.15) is 6.92 Å². The Morgan fingerprint density at radius 2 is 2.38 bits per heavy atom. The summed E-state index contributed by atoms with van der Waals surface area (Å²) in [7, 11) is 0. The fourth-order valence-electron chi connectivity index (χ4n) is 1.23. The molecule has 13 heavy (non-hydrogen) atoms. The topological polar surface area (TPSA) is 37.9 Å². The van der Waals surface area contributed by atoms with Crippen molar-refractivity contribution in [3.8, 4) is 5.75 Å². The van der Waals surface area contributed by atoms with E-state index in [2.05, 4.69) is 10.2 Å². The Balaban J connectivity index is 2.59. The second-order valence-corrected chi connectivity index (χ2v) is 3.02. The van der Waals surface area contributed by atoms with Crippen molar-refractivity contribution in [1.82, 2.24) is 10.2 Å². The molecule has 2 rings (SSSR count). The molecule has 0 aliphatic heterocycles. The van der Waals surface area contributed by atoms with Crippen LogP contribution in [0.25, 0.3) is 10.9 Å². The standard InChI is InChI=1S/C9H9ClN2O/c1-2-13-8-4-3-7-6(9(8)10)5-11-12-7/h3-5H,2H2,1H3,(H,11,12). The molecule has 2 aromatic rings. The zero-order valence-corrected chi connectivity index (χ0v) is 7.93. The van der Waals surface area contributed by atoms with E-state index >= 15 is 0 Å². The lowest BCUT2D eigenvalue weighted by Gasteiger charge is -2.04. The fourth-order valence-corrected chi connectivity index (χ4v) is 1.50. The third-order valence-electron chi connectivity index (χ3n) is 1.82. The molecule has 1 N–H and O–H groups in total. The fraction of sp³-hybridized carbons (Fsp3) is 0.222. The van der Waals surface area contributed by atoms with Crippen LogP contribution in [0.4, 0.5) is 0 Å². The molecule has 0 amide bonds. The normalized spacial score (nSPS) is 10.6. The van der Waals surface area contributed by atoms with Crippen molar-refractivity contribution in [2.45, 2.75) is 6.92 Å². The average molecular weight is 197 g/mol. The van der Waals surface area contributed by atoms with Crippen LogP contribution in [-0.2, 0) is 0 Å². The Morgan fingerprint density at radius 1 is 1.54 bits per heavy atom. The summed E-state index contributed by atoms with van der Waals surface area (Å²) in [5, 5.41) is 8.25. The van der Waals surface area contributed by atoms with Gasteiger partial charge in [0.25, 0.3) is 0 Å². The number of hydrogen-bond acceptors (Lipinski definition) is 2.